The van der Waals surface area contributed by atoms with E-state index in [9.17, 15) is 9.59 Å². The van der Waals surface area contributed by atoms with Crippen molar-refractivity contribution in [1.82, 2.24) is 9.97 Å². The van der Waals surface area contributed by atoms with Gasteiger partial charge in [0.25, 0.3) is 5.91 Å². The molecule has 2 fully saturated rings. The highest BCUT2D eigenvalue weighted by molar-refractivity contribution is 6.03. The molecule has 5 nitrogen and oxygen atoms in total. The molecule has 2 aliphatic rings. The Bertz CT molecular complexity index is 898. The molecular weight excluding hydrogens is 338 g/mol. The van der Waals surface area contributed by atoms with Crippen molar-refractivity contribution < 1.29 is 4.79 Å². The molecule has 144 valence electrons. The standard InChI is InChI=1S/C22H29N3O2/c1-13-7-8-15(16(11-13)14-5-3-2-4-6-14)18-12-19(26)20-17(25-18)9-10-24-21(20)22(23)27/h9-10,12-16H,2-8,11H2,1H3,(H2,23,27)(H,25,26)/t13-,15-,16+/m0/s1. The maximum atomic E-state index is 12.8. The van der Waals surface area contributed by atoms with Crippen LogP contribution in [0.15, 0.2) is 23.1 Å². The number of hydrogen-bond donors (Lipinski definition) is 2. The molecule has 2 saturated carbocycles. The summed E-state index contributed by atoms with van der Waals surface area (Å²) in [5.41, 5.74) is 7.01. The summed E-state index contributed by atoms with van der Waals surface area (Å²) in [6.07, 6.45) is 11.8. The molecule has 0 bridgehead atoms. The Morgan fingerprint density at radius 1 is 1.19 bits per heavy atom. The van der Waals surface area contributed by atoms with Crippen LogP contribution < -0.4 is 11.2 Å². The summed E-state index contributed by atoms with van der Waals surface area (Å²) < 4.78 is 0. The number of carbonyl (C=O) groups is 1. The van der Waals surface area contributed by atoms with Gasteiger partial charge in [-0.05, 0) is 36.7 Å². The SMILES string of the molecule is C[C@H]1CC[C@H](c2cc(=O)c3c(C(N)=O)nccc3[nH]2)[C@@H](C2CCCCC2)C1. The molecule has 5 heteroatoms. The molecule has 4 rings (SSSR count). The Labute approximate surface area is 159 Å². The highest BCUT2D eigenvalue weighted by Crippen LogP contribution is 2.47. The second-order valence-corrected chi connectivity index (χ2v) is 8.62. The molecule has 2 aliphatic carbocycles. The lowest BCUT2D eigenvalue weighted by molar-refractivity contribution is 0.0997. The Kier molecular flexibility index (Phi) is 5.02. The monoisotopic (exact) mass is 367 g/mol. The Balaban J connectivity index is 1.75. The van der Waals surface area contributed by atoms with Crippen LogP contribution in [0, 0.1) is 17.8 Å². The smallest absolute Gasteiger partial charge is 0.268 e. The second kappa shape index (κ2) is 7.45. The van der Waals surface area contributed by atoms with Crippen molar-refractivity contribution in [3.8, 4) is 0 Å². The van der Waals surface area contributed by atoms with Crippen molar-refractivity contribution in [1.29, 1.82) is 0 Å². The Hall–Kier alpha value is -2.17. The molecule has 0 spiro atoms. The minimum atomic E-state index is -0.662. The van der Waals surface area contributed by atoms with Crippen LogP contribution in [-0.4, -0.2) is 15.9 Å². The van der Waals surface area contributed by atoms with Crippen LogP contribution in [0.3, 0.4) is 0 Å². The van der Waals surface area contributed by atoms with Gasteiger partial charge in [-0.3, -0.25) is 14.6 Å². The summed E-state index contributed by atoms with van der Waals surface area (Å²) in [5.74, 6) is 1.90. The maximum Gasteiger partial charge on any atom is 0.268 e. The first kappa shape index (κ1) is 18.2. The van der Waals surface area contributed by atoms with Crippen LogP contribution in [0.4, 0.5) is 0 Å². The molecule has 3 atom stereocenters. The molecule has 0 saturated heterocycles. The van der Waals surface area contributed by atoms with Crippen molar-refractivity contribution >= 4 is 16.8 Å². The fourth-order valence-corrected chi connectivity index (χ4v) is 5.50. The molecule has 0 unspecified atom stereocenters. The molecule has 0 aromatic carbocycles. The predicted molar refractivity (Wildman–Crippen MR) is 107 cm³/mol. The minimum Gasteiger partial charge on any atom is -0.364 e. The van der Waals surface area contributed by atoms with Crippen LogP contribution in [0.1, 0.15) is 80.4 Å². The highest BCUT2D eigenvalue weighted by Gasteiger charge is 2.36. The average Bonchev–Trinajstić information content (AvgIpc) is 2.68. The Morgan fingerprint density at radius 3 is 2.70 bits per heavy atom. The van der Waals surface area contributed by atoms with Gasteiger partial charge in [0.2, 0.25) is 0 Å². The first-order valence-electron chi connectivity index (χ1n) is 10.4. The summed E-state index contributed by atoms with van der Waals surface area (Å²) >= 11 is 0. The molecule has 1 amide bonds. The lowest BCUT2D eigenvalue weighted by Crippen LogP contribution is -2.31. The highest BCUT2D eigenvalue weighted by atomic mass is 16.1. The number of aromatic amines is 1. The second-order valence-electron chi connectivity index (χ2n) is 8.62. The van der Waals surface area contributed by atoms with E-state index in [1.165, 1.54) is 44.9 Å². The van der Waals surface area contributed by atoms with Gasteiger partial charge in [-0.1, -0.05) is 45.4 Å². The number of nitrogens with one attached hydrogen (secondary N) is 1. The quantitative estimate of drug-likeness (QED) is 0.855. The number of rotatable bonds is 3. The fourth-order valence-electron chi connectivity index (χ4n) is 5.50. The van der Waals surface area contributed by atoms with Gasteiger partial charge in [0.05, 0.1) is 10.9 Å². The number of carbonyl (C=O) groups excluding carboxylic acids is 1. The summed E-state index contributed by atoms with van der Waals surface area (Å²) in [6.45, 7) is 2.36. The lowest BCUT2D eigenvalue weighted by atomic mass is 9.64. The van der Waals surface area contributed by atoms with Gasteiger partial charge < -0.3 is 10.7 Å². The van der Waals surface area contributed by atoms with Crippen molar-refractivity contribution in [3.63, 3.8) is 0 Å². The van der Waals surface area contributed by atoms with Gasteiger partial charge in [0, 0.05) is 23.9 Å². The molecule has 2 aromatic heterocycles. The zero-order valence-corrected chi connectivity index (χ0v) is 16.0. The van der Waals surface area contributed by atoms with E-state index in [0.29, 0.717) is 22.7 Å². The van der Waals surface area contributed by atoms with Crippen LogP contribution in [0.2, 0.25) is 0 Å². The zero-order chi connectivity index (χ0) is 19.0. The third-order valence-electron chi connectivity index (χ3n) is 6.81. The third kappa shape index (κ3) is 3.52. The minimum absolute atomic E-state index is 0.0568. The van der Waals surface area contributed by atoms with Gasteiger partial charge in [-0.25, -0.2) is 0 Å². The molecule has 2 heterocycles. The van der Waals surface area contributed by atoms with Gasteiger partial charge in [-0.15, -0.1) is 0 Å². The number of pyridine rings is 2. The van der Waals surface area contributed by atoms with E-state index >= 15 is 0 Å². The van der Waals surface area contributed by atoms with Crippen LogP contribution in [0.25, 0.3) is 10.9 Å². The summed E-state index contributed by atoms with van der Waals surface area (Å²) in [7, 11) is 0. The topological polar surface area (TPSA) is 88.8 Å². The van der Waals surface area contributed by atoms with Gasteiger partial charge in [0.1, 0.15) is 5.69 Å². The van der Waals surface area contributed by atoms with E-state index in [4.69, 9.17) is 5.73 Å². The number of nitrogens with two attached hydrogens (primary N) is 1. The molecule has 27 heavy (non-hydrogen) atoms. The van der Waals surface area contributed by atoms with Crippen molar-refractivity contribution in [2.45, 2.75) is 64.2 Å². The molecule has 3 N–H and O–H groups in total. The number of hydrogen-bond acceptors (Lipinski definition) is 3. The van der Waals surface area contributed by atoms with E-state index in [-0.39, 0.29) is 11.1 Å². The fraction of sp³-hybridized carbons (Fsp3) is 0.591. The maximum absolute atomic E-state index is 12.8. The summed E-state index contributed by atoms with van der Waals surface area (Å²) in [4.78, 5) is 32.0. The normalized spacial score (nSPS) is 26.9. The van der Waals surface area contributed by atoms with Crippen LogP contribution in [-0.2, 0) is 0 Å². The molecular formula is C22H29N3O2. The van der Waals surface area contributed by atoms with Crippen LogP contribution in [0.5, 0.6) is 0 Å². The van der Waals surface area contributed by atoms with E-state index in [1.54, 1.807) is 18.3 Å². The van der Waals surface area contributed by atoms with E-state index in [1.807, 2.05) is 0 Å². The average molecular weight is 367 g/mol. The lowest BCUT2D eigenvalue weighted by Gasteiger charge is -2.41. The number of amides is 1. The van der Waals surface area contributed by atoms with E-state index in [2.05, 4.69) is 16.9 Å². The zero-order valence-electron chi connectivity index (χ0n) is 16.0. The molecule has 2 aromatic rings. The van der Waals surface area contributed by atoms with E-state index < -0.39 is 5.91 Å². The van der Waals surface area contributed by atoms with Crippen LogP contribution >= 0.6 is 0 Å². The summed E-state index contributed by atoms with van der Waals surface area (Å²) in [6, 6.07) is 3.47. The van der Waals surface area contributed by atoms with Gasteiger partial charge in [0.15, 0.2) is 5.43 Å². The summed E-state index contributed by atoms with van der Waals surface area (Å²) in [5, 5.41) is 0.312. The number of fused-ring (bicyclic) bond motifs is 1. The van der Waals surface area contributed by atoms with E-state index in [0.717, 1.165) is 24.0 Å². The first-order valence-corrected chi connectivity index (χ1v) is 10.4. The molecule has 0 aliphatic heterocycles. The van der Waals surface area contributed by atoms with Crippen molar-refractivity contribution in [3.05, 3.63) is 39.9 Å². The van der Waals surface area contributed by atoms with Crippen molar-refractivity contribution in [2.24, 2.45) is 23.5 Å². The predicted octanol–water partition coefficient (Wildman–Crippen LogP) is 4.12. The third-order valence-corrected chi connectivity index (χ3v) is 6.81. The first-order chi connectivity index (χ1) is 13.0. The number of aromatic nitrogens is 2. The number of primary amides is 1. The Morgan fingerprint density at radius 2 is 1.96 bits per heavy atom. The van der Waals surface area contributed by atoms with Gasteiger partial charge in [-0.2, -0.15) is 0 Å². The largest absolute Gasteiger partial charge is 0.364 e. The number of nitrogens with zero attached hydrogens (tertiary/aromatic N) is 1. The molecule has 0 radical (unpaired) electrons. The van der Waals surface area contributed by atoms with Gasteiger partial charge >= 0.3 is 0 Å². The van der Waals surface area contributed by atoms with Crippen molar-refractivity contribution in [2.75, 3.05) is 0 Å². The number of H-pyrrole nitrogens is 1.